The van der Waals surface area contributed by atoms with E-state index in [0.29, 0.717) is 15.2 Å². The Labute approximate surface area is 172 Å². The average molecular weight is 416 g/mol. The van der Waals surface area contributed by atoms with Crippen LogP contribution in [-0.2, 0) is 11.3 Å². The number of carbonyl (C=O) groups is 1. The Morgan fingerprint density at radius 1 is 1.21 bits per heavy atom. The molecule has 1 aliphatic rings. The topological polar surface area (TPSA) is 55.2 Å². The van der Waals surface area contributed by atoms with Gasteiger partial charge in [-0.15, -0.1) is 11.3 Å². The maximum absolute atomic E-state index is 13.0. The first kappa shape index (κ1) is 19.2. The lowest BCUT2D eigenvalue weighted by molar-refractivity contribution is -0.138. The number of rotatable bonds is 3. The number of halogens is 1. The summed E-state index contributed by atoms with van der Waals surface area (Å²) in [6.07, 6.45) is 4.65. The molecule has 3 heterocycles. The highest BCUT2D eigenvalue weighted by Crippen LogP contribution is 2.31. The molecule has 0 spiro atoms. The molecule has 3 aromatic rings. The molecule has 0 saturated carbocycles. The van der Waals surface area contributed by atoms with Gasteiger partial charge in [-0.2, -0.15) is 0 Å². The number of nitrogens with zero attached hydrogens (tertiary/aromatic N) is 3. The van der Waals surface area contributed by atoms with Gasteiger partial charge in [0.05, 0.1) is 11.8 Å². The number of benzene rings is 1. The number of fused-ring (bicyclic) bond motifs is 1. The molecule has 1 aliphatic heterocycles. The zero-order valence-corrected chi connectivity index (χ0v) is 17.5. The fourth-order valence-electron chi connectivity index (χ4n) is 3.95. The molecular formula is C21H22ClN3O2S. The van der Waals surface area contributed by atoms with Crippen molar-refractivity contribution in [3.63, 3.8) is 0 Å². The zero-order chi connectivity index (χ0) is 19.8. The van der Waals surface area contributed by atoms with Gasteiger partial charge in [0.1, 0.15) is 11.2 Å². The van der Waals surface area contributed by atoms with Gasteiger partial charge in [-0.25, -0.2) is 4.98 Å². The summed E-state index contributed by atoms with van der Waals surface area (Å²) >= 11 is 7.36. The van der Waals surface area contributed by atoms with E-state index in [1.165, 1.54) is 22.2 Å². The van der Waals surface area contributed by atoms with Crippen LogP contribution < -0.4 is 5.56 Å². The standard InChI is InChI=1S/C21H22ClN3O2S/c1-13-4-3-5-14(2)25(13)19(26)11-24-12-23-17-10-18(28-20(17)21(24)27)15-6-8-16(22)9-7-15/h6-10,12-14H,3-5,11H2,1-2H3/t13-,14-/m0/s1. The molecule has 1 aromatic carbocycles. The number of thiophene rings is 1. The van der Waals surface area contributed by atoms with Gasteiger partial charge in [0.2, 0.25) is 5.91 Å². The van der Waals surface area contributed by atoms with Crippen molar-refractivity contribution in [2.45, 2.75) is 51.7 Å². The molecule has 1 saturated heterocycles. The second-order valence-corrected chi connectivity index (χ2v) is 8.93. The van der Waals surface area contributed by atoms with E-state index >= 15 is 0 Å². The Morgan fingerprint density at radius 3 is 2.57 bits per heavy atom. The van der Waals surface area contributed by atoms with Gasteiger partial charge in [-0.05, 0) is 56.9 Å². The molecule has 2 atom stereocenters. The highest BCUT2D eigenvalue weighted by Gasteiger charge is 2.29. The summed E-state index contributed by atoms with van der Waals surface area (Å²) in [5.41, 5.74) is 1.48. The third-order valence-electron chi connectivity index (χ3n) is 5.42. The third kappa shape index (κ3) is 3.59. The monoisotopic (exact) mass is 415 g/mol. The molecule has 146 valence electrons. The van der Waals surface area contributed by atoms with Crippen molar-refractivity contribution in [1.82, 2.24) is 14.5 Å². The third-order valence-corrected chi connectivity index (χ3v) is 6.83. The minimum absolute atomic E-state index is 0.0163. The summed E-state index contributed by atoms with van der Waals surface area (Å²) in [5, 5.41) is 0.671. The van der Waals surface area contributed by atoms with Gasteiger partial charge in [-0.1, -0.05) is 23.7 Å². The minimum atomic E-state index is -0.166. The molecule has 5 nitrogen and oxygen atoms in total. The lowest BCUT2D eigenvalue weighted by Crippen LogP contribution is -2.49. The van der Waals surface area contributed by atoms with Gasteiger partial charge in [0.25, 0.3) is 5.56 Å². The SMILES string of the molecule is C[C@H]1CCC[C@H](C)N1C(=O)Cn1cnc2cc(-c3ccc(Cl)cc3)sc2c1=O. The second kappa shape index (κ2) is 7.68. The van der Waals surface area contributed by atoms with Crippen molar-refractivity contribution in [3.05, 3.63) is 52.0 Å². The lowest BCUT2D eigenvalue weighted by Gasteiger charge is -2.39. The Hall–Kier alpha value is -2.18. The predicted molar refractivity (Wildman–Crippen MR) is 114 cm³/mol. The number of carbonyl (C=O) groups excluding carboxylic acids is 1. The zero-order valence-electron chi connectivity index (χ0n) is 15.9. The van der Waals surface area contributed by atoms with Crippen LogP contribution in [0, 0.1) is 0 Å². The average Bonchev–Trinajstić information content (AvgIpc) is 3.10. The fourth-order valence-corrected chi connectivity index (χ4v) is 5.15. The van der Waals surface area contributed by atoms with Gasteiger partial charge >= 0.3 is 0 Å². The maximum Gasteiger partial charge on any atom is 0.271 e. The normalized spacial score (nSPS) is 19.9. The largest absolute Gasteiger partial charge is 0.336 e. The van der Waals surface area contributed by atoms with Crippen LogP contribution in [0.3, 0.4) is 0 Å². The van der Waals surface area contributed by atoms with Crippen LogP contribution in [0.25, 0.3) is 20.7 Å². The Kier molecular flexibility index (Phi) is 5.25. The van der Waals surface area contributed by atoms with Crippen LogP contribution in [0.4, 0.5) is 0 Å². The van der Waals surface area contributed by atoms with Crippen LogP contribution in [0.2, 0.25) is 5.02 Å². The van der Waals surface area contributed by atoms with Crippen molar-refractivity contribution >= 4 is 39.1 Å². The van der Waals surface area contributed by atoms with E-state index in [2.05, 4.69) is 18.8 Å². The van der Waals surface area contributed by atoms with Crippen molar-refractivity contribution in [2.75, 3.05) is 0 Å². The molecule has 0 aliphatic carbocycles. The van der Waals surface area contributed by atoms with Crippen molar-refractivity contribution < 1.29 is 4.79 Å². The van der Waals surface area contributed by atoms with E-state index in [1.807, 2.05) is 35.2 Å². The Bertz CT molecular complexity index is 1060. The number of amides is 1. The molecule has 4 rings (SSSR count). The number of likely N-dealkylation sites (tertiary alicyclic amines) is 1. The van der Waals surface area contributed by atoms with E-state index in [-0.39, 0.29) is 30.1 Å². The van der Waals surface area contributed by atoms with Gasteiger partial charge in [0.15, 0.2) is 0 Å². The Morgan fingerprint density at radius 2 is 1.89 bits per heavy atom. The summed E-state index contributed by atoms with van der Waals surface area (Å²) in [4.78, 5) is 33.1. The van der Waals surface area contributed by atoms with Crippen molar-refractivity contribution in [3.8, 4) is 10.4 Å². The summed E-state index contributed by atoms with van der Waals surface area (Å²) in [6, 6.07) is 9.83. The quantitative estimate of drug-likeness (QED) is 0.629. The number of piperidine rings is 1. The molecule has 1 fully saturated rings. The fraction of sp³-hybridized carbons (Fsp3) is 0.381. The molecule has 0 bridgehead atoms. The number of aromatic nitrogens is 2. The first-order valence-corrected chi connectivity index (χ1v) is 10.7. The smallest absolute Gasteiger partial charge is 0.271 e. The van der Waals surface area contributed by atoms with E-state index in [0.717, 1.165) is 29.7 Å². The van der Waals surface area contributed by atoms with E-state index in [4.69, 9.17) is 11.6 Å². The molecule has 2 aromatic heterocycles. The van der Waals surface area contributed by atoms with Gasteiger partial charge in [0, 0.05) is 22.0 Å². The summed E-state index contributed by atoms with van der Waals surface area (Å²) < 4.78 is 2.00. The van der Waals surface area contributed by atoms with Crippen LogP contribution in [0.5, 0.6) is 0 Å². The summed E-state index contributed by atoms with van der Waals surface area (Å²) in [6.45, 7) is 4.19. The van der Waals surface area contributed by atoms with Gasteiger partial charge in [-0.3, -0.25) is 14.2 Å². The predicted octanol–water partition coefficient (Wildman–Crippen LogP) is 4.57. The van der Waals surface area contributed by atoms with Crippen LogP contribution >= 0.6 is 22.9 Å². The molecule has 0 radical (unpaired) electrons. The number of hydrogen-bond donors (Lipinski definition) is 0. The van der Waals surface area contributed by atoms with Crippen molar-refractivity contribution in [2.24, 2.45) is 0 Å². The Balaban J connectivity index is 1.63. The first-order valence-electron chi connectivity index (χ1n) is 9.50. The first-order chi connectivity index (χ1) is 13.4. The van der Waals surface area contributed by atoms with E-state index in [9.17, 15) is 9.59 Å². The van der Waals surface area contributed by atoms with Crippen LogP contribution in [0.15, 0.2) is 41.5 Å². The van der Waals surface area contributed by atoms with Gasteiger partial charge < -0.3 is 4.90 Å². The maximum atomic E-state index is 13.0. The minimum Gasteiger partial charge on any atom is -0.336 e. The molecule has 1 amide bonds. The molecule has 28 heavy (non-hydrogen) atoms. The lowest BCUT2D eigenvalue weighted by atomic mass is 9.97. The van der Waals surface area contributed by atoms with E-state index < -0.39 is 0 Å². The highest BCUT2D eigenvalue weighted by atomic mass is 35.5. The molecule has 0 N–H and O–H groups in total. The second-order valence-electron chi connectivity index (χ2n) is 7.44. The molecule has 7 heteroatoms. The van der Waals surface area contributed by atoms with E-state index in [1.54, 1.807) is 0 Å². The number of hydrogen-bond acceptors (Lipinski definition) is 4. The van der Waals surface area contributed by atoms with Crippen LogP contribution in [0.1, 0.15) is 33.1 Å². The molecule has 0 unspecified atom stereocenters. The van der Waals surface area contributed by atoms with Crippen molar-refractivity contribution in [1.29, 1.82) is 0 Å². The molecular weight excluding hydrogens is 394 g/mol. The van der Waals surface area contributed by atoms with Crippen LogP contribution in [-0.4, -0.2) is 32.4 Å². The summed E-state index contributed by atoms with van der Waals surface area (Å²) in [7, 11) is 0. The highest BCUT2D eigenvalue weighted by molar-refractivity contribution is 7.22. The summed E-state index contributed by atoms with van der Waals surface area (Å²) in [5.74, 6) is -0.0163.